The van der Waals surface area contributed by atoms with E-state index in [1.54, 1.807) is 0 Å². The van der Waals surface area contributed by atoms with Gasteiger partial charge in [-0.3, -0.25) is 4.90 Å². The maximum Gasteiger partial charge on any atom is 0.0540 e. The number of rotatable bonds is 6. The van der Waals surface area contributed by atoms with Crippen LogP contribution in [0.2, 0.25) is 10.0 Å². The number of para-hydroxylation sites is 1. The van der Waals surface area contributed by atoms with Crippen molar-refractivity contribution in [2.24, 2.45) is 0 Å². The highest BCUT2D eigenvalue weighted by Gasteiger charge is 2.26. The van der Waals surface area contributed by atoms with E-state index in [0.717, 1.165) is 54.6 Å². The third-order valence-electron chi connectivity index (χ3n) is 7.68. The average molecular weight is 562 g/mol. The van der Waals surface area contributed by atoms with E-state index in [1.165, 1.54) is 33.3 Å². The molecule has 5 heteroatoms. The lowest BCUT2D eigenvalue weighted by atomic mass is 9.89. The van der Waals surface area contributed by atoms with E-state index in [9.17, 15) is 0 Å². The molecule has 2 nitrogen and oxygen atoms in total. The van der Waals surface area contributed by atoms with Gasteiger partial charge >= 0.3 is 0 Å². The average Bonchev–Trinajstić information content (AvgIpc) is 3.23. The molecular formula is C33H31Cl3N2. The summed E-state index contributed by atoms with van der Waals surface area (Å²) < 4.78 is 2.51. The van der Waals surface area contributed by atoms with Crippen LogP contribution in [0.15, 0.2) is 103 Å². The third kappa shape index (κ3) is 5.37. The maximum atomic E-state index is 6.55. The number of benzene rings is 4. The summed E-state index contributed by atoms with van der Waals surface area (Å²) in [5.74, 6) is 0.408. The maximum absolute atomic E-state index is 6.55. The first-order chi connectivity index (χ1) is 18.2. The fourth-order valence-corrected chi connectivity index (χ4v) is 6.60. The Morgan fingerprint density at radius 2 is 1.26 bits per heavy atom. The van der Waals surface area contributed by atoms with Crippen molar-refractivity contribution < 1.29 is 0 Å². The lowest BCUT2D eigenvalue weighted by molar-refractivity contribution is 0.205. The molecule has 1 aliphatic heterocycles. The molecule has 2 heterocycles. The fourth-order valence-electron chi connectivity index (χ4n) is 5.90. The van der Waals surface area contributed by atoms with Gasteiger partial charge in [-0.05, 0) is 72.3 Å². The minimum Gasteiger partial charge on any atom is -0.336 e. The van der Waals surface area contributed by atoms with Crippen molar-refractivity contribution in [1.29, 1.82) is 0 Å². The smallest absolute Gasteiger partial charge is 0.0540 e. The number of hydrogen-bond acceptors (Lipinski definition) is 1. The number of aromatic nitrogens is 1. The normalized spacial score (nSPS) is 14.5. The van der Waals surface area contributed by atoms with Crippen molar-refractivity contribution in [3.05, 3.63) is 130 Å². The standard InChI is InChI=1S/C33H30Cl2N2.ClH/c34-29-15-9-16-30(35)32(29)25-18-20-36(21-19-25)23-28-27-14-7-8-17-31(27)37(22-24-10-3-1-4-11-24)33(28)26-12-5-2-6-13-26;/h1-17,25H,18-23H2;1H. The molecule has 0 amide bonds. The van der Waals surface area contributed by atoms with Crippen LogP contribution in [0.1, 0.15) is 35.4 Å². The minimum absolute atomic E-state index is 0. The first-order valence-corrected chi connectivity index (χ1v) is 13.8. The van der Waals surface area contributed by atoms with Crippen molar-refractivity contribution in [1.82, 2.24) is 9.47 Å². The molecule has 0 radical (unpaired) electrons. The SMILES string of the molecule is Cl.Clc1cccc(Cl)c1C1CCN(Cc2c(-c3ccccc3)n(Cc3ccccc3)c3ccccc23)CC1. The molecule has 4 aromatic carbocycles. The van der Waals surface area contributed by atoms with E-state index < -0.39 is 0 Å². The van der Waals surface area contributed by atoms with Gasteiger partial charge in [0.05, 0.1) is 5.69 Å². The molecule has 0 saturated carbocycles. The predicted octanol–water partition coefficient (Wildman–Crippen LogP) is 9.46. The molecule has 0 N–H and O–H groups in total. The second-order valence-corrected chi connectivity index (χ2v) is 10.8. The molecule has 1 aliphatic rings. The molecule has 0 spiro atoms. The van der Waals surface area contributed by atoms with Crippen molar-refractivity contribution >= 4 is 46.5 Å². The number of likely N-dealkylation sites (tertiary alicyclic amines) is 1. The van der Waals surface area contributed by atoms with Gasteiger partial charge < -0.3 is 4.57 Å². The summed E-state index contributed by atoms with van der Waals surface area (Å²) >= 11 is 13.1. The van der Waals surface area contributed by atoms with Gasteiger partial charge in [-0.1, -0.05) is 108 Å². The van der Waals surface area contributed by atoms with Crippen LogP contribution in [0.3, 0.4) is 0 Å². The Balaban J connectivity index is 0.00000294. The van der Waals surface area contributed by atoms with Crippen LogP contribution in [0.4, 0.5) is 0 Å². The second kappa shape index (κ2) is 12.0. The van der Waals surface area contributed by atoms with Crippen LogP contribution < -0.4 is 0 Å². The van der Waals surface area contributed by atoms with Crippen LogP contribution in [0, 0.1) is 0 Å². The highest BCUT2D eigenvalue weighted by Crippen LogP contribution is 2.40. The van der Waals surface area contributed by atoms with Gasteiger partial charge in [-0.25, -0.2) is 0 Å². The summed E-state index contributed by atoms with van der Waals surface area (Å²) in [6.45, 7) is 3.82. The van der Waals surface area contributed by atoms with Gasteiger partial charge in [0.1, 0.15) is 0 Å². The monoisotopic (exact) mass is 560 g/mol. The van der Waals surface area contributed by atoms with Gasteiger partial charge in [0, 0.05) is 34.0 Å². The summed E-state index contributed by atoms with van der Waals surface area (Å²) in [6, 6.07) is 36.3. The van der Waals surface area contributed by atoms with E-state index in [0.29, 0.717) is 5.92 Å². The molecule has 1 fully saturated rings. The molecule has 38 heavy (non-hydrogen) atoms. The van der Waals surface area contributed by atoms with Gasteiger partial charge in [0.15, 0.2) is 0 Å². The molecule has 0 atom stereocenters. The second-order valence-electron chi connectivity index (χ2n) is 9.97. The zero-order chi connectivity index (χ0) is 25.2. The summed E-state index contributed by atoms with van der Waals surface area (Å²) in [7, 11) is 0. The van der Waals surface area contributed by atoms with E-state index >= 15 is 0 Å². The molecule has 1 saturated heterocycles. The minimum atomic E-state index is 0. The van der Waals surface area contributed by atoms with E-state index in [1.807, 2.05) is 18.2 Å². The highest BCUT2D eigenvalue weighted by atomic mass is 35.5. The van der Waals surface area contributed by atoms with E-state index in [2.05, 4.69) is 94.4 Å². The third-order valence-corrected chi connectivity index (χ3v) is 8.34. The van der Waals surface area contributed by atoms with Crippen LogP contribution >= 0.6 is 35.6 Å². The first kappa shape index (κ1) is 26.8. The van der Waals surface area contributed by atoms with Gasteiger partial charge in [0.25, 0.3) is 0 Å². The van der Waals surface area contributed by atoms with Crippen LogP contribution in [-0.4, -0.2) is 22.6 Å². The zero-order valence-corrected chi connectivity index (χ0v) is 23.5. The molecule has 1 aromatic heterocycles. The van der Waals surface area contributed by atoms with Crippen molar-refractivity contribution in [3.8, 4) is 11.3 Å². The van der Waals surface area contributed by atoms with E-state index in [-0.39, 0.29) is 12.4 Å². The van der Waals surface area contributed by atoms with Crippen LogP contribution in [0.25, 0.3) is 22.2 Å². The van der Waals surface area contributed by atoms with Gasteiger partial charge in [-0.15, -0.1) is 12.4 Å². The largest absolute Gasteiger partial charge is 0.336 e. The van der Waals surface area contributed by atoms with Crippen LogP contribution in [0.5, 0.6) is 0 Å². The summed E-state index contributed by atoms with van der Waals surface area (Å²) in [4.78, 5) is 2.60. The molecule has 6 rings (SSSR count). The summed E-state index contributed by atoms with van der Waals surface area (Å²) in [6.07, 6.45) is 2.12. The number of halogens is 3. The Bertz CT molecular complexity index is 1480. The number of hydrogen-bond donors (Lipinski definition) is 0. The van der Waals surface area contributed by atoms with Crippen molar-refractivity contribution in [2.75, 3.05) is 13.1 Å². The highest BCUT2D eigenvalue weighted by molar-refractivity contribution is 6.36. The quantitative estimate of drug-likeness (QED) is 0.200. The Kier molecular flexibility index (Phi) is 8.45. The Hall–Kier alpha value is -2.75. The molecule has 0 bridgehead atoms. The number of piperidine rings is 1. The van der Waals surface area contributed by atoms with Crippen molar-refractivity contribution in [2.45, 2.75) is 31.8 Å². The molecule has 0 aliphatic carbocycles. The van der Waals surface area contributed by atoms with Crippen LogP contribution in [-0.2, 0) is 13.1 Å². The lowest BCUT2D eigenvalue weighted by Crippen LogP contribution is -2.32. The van der Waals surface area contributed by atoms with Gasteiger partial charge in [-0.2, -0.15) is 0 Å². The topological polar surface area (TPSA) is 8.17 Å². The van der Waals surface area contributed by atoms with E-state index in [4.69, 9.17) is 23.2 Å². The predicted molar refractivity (Wildman–Crippen MR) is 164 cm³/mol. The van der Waals surface area contributed by atoms with Crippen molar-refractivity contribution in [3.63, 3.8) is 0 Å². The number of fused-ring (bicyclic) bond motifs is 1. The summed E-state index contributed by atoms with van der Waals surface area (Å²) in [5.41, 5.74) is 7.72. The molecule has 0 unspecified atom stereocenters. The number of nitrogens with zero attached hydrogens (tertiary/aromatic N) is 2. The first-order valence-electron chi connectivity index (χ1n) is 13.0. The Morgan fingerprint density at radius 1 is 0.658 bits per heavy atom. The lowest BCUT2D eigenvalue weighted by Gasteiger charge is -2.33. The molecule has 194 valence electrons. The Labute approximate surface area is 241 Å². The molecule has 5 aromatic rings. The zero-order valence-electron chi connectivity index (χ0n) is 21.2. The Morgan fingerprint density at radius 3 is 1.95 bits per heavy atom. The molecular weight excluding hydrogens is 531 g/mol. The summed E-state index contributed by atoms with van der Waals surface area (Å²) in [5, 5.41) is 2.93. The van der Waals surface area contributed by atoms with Gasteiger partial charge in [0.2, 0.25) is 0 Å². The fraction of sp³-hybridized carbons (Fsp3) is 0.212.